The Morgan fingerprint density at radius 2 is 1.37 bits per heavy atom. The maximum atomic E-state index is 13.0. The van der Waals surface area contributed by atoms with Crippen molar-refractivity contribution in [3.63, 3.8) is 0 Å². The van der Waals surface area contributed by atoms with E-state index in [4.69, 9.17) is 4.74 Å². The molecule has 19 heavy (non-hydrogen) atoms. The van der Waals surface area contributed by atoms with E-state index < -0.39 is 13.0 Å². The molecule has 0 fully saturated rings. The molecule has 0 aliphatic heterocycles. The predicted octanol–water partition coefficient (Wildman–Crippen LogP) is 4.33. The molecule has 0 spiro atoms. The molecule has 0 saturated carbocycles. The van der Waals surface area contributed by atoms with E-state index in [-0.39, 0.29) is 12.2 Å². The molecule has 0 aliphatic rings. The predicted molar refractivity (Wildman–Crippen MR) is 69.5 cm³/mol. The third kappa shape index (κ3) is 3.86. The Balaban J connectivity index is 2.12. The van der Waals surface area contributed by atoms with Crippen molar-refractivity contribution in [2.24, 2.45) is 0 Å². The van der Waals surface area contributed by atoms with Gasteiger partial charge in [0.2, 0.25) is 0 Å². The molecule has 1 atom stereocenters. The van der Waals surface area contributed by atoms with Crippen LogP contribution in [0.1, 0.15) is 17.1 Å². The Bertz CT molecular complexity index is 499. The van der Waals surface area contributed by atoms with Gasteiger partial charge in [-0.05, 0) is 11.1 Å². The van der Waals surface area contributed by atoms with Gasteiger partial charge in [-0.2, -0.15) is 0 Å². The SMILES string of the molecule is F[B-](F)(F)[C@@H](OCc1ccccc1)c1ccccc1. The summed E-state index contributed by atoms with van der Waals surface area (Å²) < 4.78 is 44.2. The van der Waals surface area contributed by atoms with Crippen LogP contribution in [0.2, 0.25) is 0 Å². The van der Waals surface area contributed by atoms with Crippen molar-refractivity contribution in [2.75, 3.05) is 0 Å². The fourth-order valence-electron chi connectivity index (χ4n) is 1.83. The van der Waals surface area contributed by atoms with Gasteiger partial charge in [-0.1, -0.05) is 60.7 Å². The zero-order valence-electron chi connectivity index (χ0n) is 10.2. The Labute approximate surface area is 110 Å². The normalized spacial score (nSPS) is 13.2. The van der Waals surface area contributed by atoms with Gasteiger partial charge < -0.3 is 17.7 Å². The zero-order valence-corrected chi connectivity index (χ0v) is 10.2. The summed E-state index contributed by atoms with van der Waals surface area (Å²) in [6, 6.07) is 14.7. The largest absolute Gasteiger partial charge is 0.511 e. The van der Waals surface area contributed by atoms with Crippen LogP contribution in [0.4, 0.5) is 12.9 Å². The molecule has 0 heterocycles. The molecular weight excluding hydrogens is 252 g/mol. The number of hydrogen-bond donors (Lipinski definition) is 0. The smallest absolute Gasteiger partial charge is 0.447 e. The summed E-state index contributed by atoms with van der Waals surface area (Å²) in [6.45, 7) is -5.14. The van der Waals surface area contributed by atoms with Crippen molar-refractivity contribution in [3.05, 3.63) is 71.8 Å². The topological polar surface area (TPSA) is 9.23 Å². The van der Waals surface area contributed by atoms with E-state index in [0.717, 1.165) is 5.56 Å². The highest BCUT2D eigenvalue weighted by Gasteiger charge is 2.37. The molecule has 0 unspecified atom stereocenters. The van der Waals surface area contributed by atoms with Gasteiger partial charge >= 0.3 is 6.98 Å². The molecule has 0 radical (unpaired) electrons. The van der Waals surface area contributed by atoms with E-state index in [2.05, 4.69) is 0 Å². The first-order chi connectivity index (χ1) is 9.07. The number of hydrogen-bond acceptors (Lipinski definition) is 1. The fraction of sp³-hybridized carbons (Fsp3) is 0.143. The van der Waals surface area contributed by atoms with Crippen molar-refractivity contribution < 1.29 is 17.7 Å². The summed E-state index contributed by atoms with van der Waals surface area (Å²) in [4.78, 5) is 0. The summed E-state index contributed by atoms with van der Waals surface area (Å²) in [7, 11) is 0. The van der Waals surface area contributed by atoms with Crippen molar-refractivity contribution in [2.45, 2.75) is 12.6 Å². The quantitative estimate of drug-likeness (QED) is 0.731. The molecule has 0 aliphatic carbocycles. The lowest BCUT2D eigenvalue weighted by atomic mass is 9.77. The zero-order chi connectivity index (χ0) is 13.7. The summed E-state index contributed by atoms with van der Waals surface area (Å²) in [5.41, 5.74) is 0.870. The van der Waals surface area contributed by atoms with Crippen LogP contribution in [-0.2, 0) is 11.3 Å². The molecule has 0 bridgehead atoms. The standard InChI is InChI=1S/C14H13BF3O/c16-15(17,18)14(13-9-5-2-6-10-13)19-11-12-7-3-1-4-8-12/h1-10,14H,11H2/q-1/t14-/m0/s1. The number of halogens is 3. The highest BCUT2D eigenvalue weighted by Crippen LogP contribution is 2.32. The van der Waals surface area contributed by atoms with Crippen LogP contribution in [0.3, 0.4) is 0 Å². The second kappa shape index (κ2) is 5.93. The van der Waals surface area contributed by atoms with Crippen LogP contribution in [0.5, 0.6) is 0 Å². The second-order valence-electron chi connectivity index (χ2n) is 4.25. The summed E-state index contributed by atoms with van der Waals surface area (Å²) in [5.74, 6) is 0. The lowest BCUT2D eigenvalue weighted by Crippen LogP contribution is -2.29. The molecule has 2 rings (SSSR count). The average Bonchev–Trinajstić information content (AvgIpc) is 2.40. The summed E-state index contributed by atoms with van der Waals surface area (Å²) >= 11 is 0. The molecule has 0 N–H and O–H groups in total. The van der Waals surface area contributed by atoms with Gasteiger partial charge in [-0.15, -0.1) is 0 Å². The molecule has 2 aromatic rings. The van der Waals surface area contributed by atoms with Crippen LogP contribution in [-0.4, -0.2) is 6.98 Å². The van der Waals surface area contributed by atoms with Crippen LogP contribution in [0.15, 0.2) is 60.7 Å². The van der Waals surface area contributed by atoms with E-state index in [1.54, 1.807) is 42.5 Å². The Morgan fingerprint density at radius 3 is 1.89 bits per heavy atom. The molecule has 100 valence electrons. The molecule has 2 aromatic carbocycles. The van der Waals surface area contributed by atoms with Crippen LogP contribution in [0.25, 0.3) is 0 Å². The van der Waals surface area contributed by atoms with Gasteiger partial charge in [0.1, 0.15) is 0 Å². The monoisotopic (exact) mass is 265 g/mol. The highest BCUT2D eigenvalue weighted by molar-refractivity contribution is 6.59. The Morgan fingerprint density at radius 1 is 0.842 bits per heavy atom. The minimum absolute atomic E-state index is 0.0539. The van der Waals surface area contributed by atoms with Crippen LogP contribution < -0.4 is 0 Å². The molecule has 0 aromatic heterocycles. The third-order valence-electron chi connectivity index (χ3n) is 2.74. The second-order valence-corrected chi connectivity index (χ2v) is 4.25. The van der Waals surface area contributed by atoms with Crippen molar-refractivity contribution in [3.8, 4) is 0 Å². The first kappa shape index (κ1) is 13.7. The number of rotatable bonds is 5. The first-order valence-corrected chi connectivity index (χ1v) is 5.98. The fourth-order valence-corrected chi connectivity index (χ4v) is 1.83. The van der Waals surface area contributed by atoms with E-state index in [1.807, 2.05) is 6.07 Å². The van der Waals surface area contributed by atoms with E-state index in [0.29, 0.717) is 0 Å². The van der Waals surface area contributed by atoms with E-state index in [9.17, 15) is 12.9 Å². The van der Waals surface area contributed by atoms with Crippen molar-refractivity contribution >= 4 is 6.98 Å². The molecule has 0 saturated heterocycles. The van der Waals surface area contributed by atoms with Gasteiger partial charge in [0.05, 0.1) is 12.6 Å². The number of ether oxygens (including phenoxy) is 1. The first-order valence-electron chi connectivity index (χ1n) is 5.98. The average molecular weight is 265 g/mol. The Kier molecular flexibility index (Phi) is 4.27. The lowest BCUT2D eigenvalue weighted by molar-refractivity contribution is 0.0627. The van der Waals surface area contributed by atoms with Crippen LogP contribution in [0, 0.1) is 0 Å². The van der Waals surface area contributed by atoms with Crippen LogP contribution >= 0.6 is 0 Å². The molecular formula is C14H13BF3O-. The van der Waals surface area contributed by atoms with Gasteiger partial charge in [-0.3, -0.25) is 0 Å². The van der Waals surface area contributed by atoms with Gasteiger partial charge in [0.25, 0.3) is 0 Å². The molecule has 1 nitrogen and oxygen atoms in total. The van der Waals surface area contributed by atoms with E-state index >= 15 is 0 Å². The maximum Gasteiger partial charge on any atom is 0.511 e. The summed E-state index contributed by atoms with van der Waals surface area (Å²) in [6.07, 6.45) is 0. The Hall–Kier alpha value is -1.75. The number of benzene rings is 2. The van der Waals surface area contributed by atoms with Crippen molar-refractivity contribution in [1.29, 1.82) is 0 Å². The molecule has 5 heteroatoms. The van der Waals surface area contributed by atoms with E-state index in [1.165, 1.54) is 12.1 Å². The van der Waals surface area contributed by atoms with Gasteiger partial charge in [0.15, 0.2) is 0 Å². The highest BCUT2D eigenvalue weighted by atomic mass is 19.4. The van der Waals surface area contributed by atoms with Gasteiger partial charge in [-0.25, -0.2) is 0 Å². The lowest BCUT2D eigenvalue weighted by Gasteiger charge is -2.27. The summed E-state index contributed by atoms with van der Waals surface area (Å²) in [5, 5.41) is 0. The van der Waals surface area contributed by atoms with Gasteiger partial charge in [0, 0.05) is 0 Å². The van der Waals surface area contributed by atoms with Crippen molar-refractivity contribution in [1.82, 2.24) is 0 Å². The molecule has 0 amide bonds. The maximum absolute atomic E-state index is 13.0. The minimum Gasteiger partial charge on any atom is -0.447 e. The minimum atomic E-state index is -5.09. The third-order valence-corrected chi connectivity index (χ3v) is 2.74.